The molecule has 1 saturated heterocycles. The largest absolute Gasteiger partial charge is 0.388 e. The predicted octanol–water partition coefficient (Wildman–Crippen LogP) is 1.65. The standard InChI is InChI=1S/C16H26N2O/c1-16(19,12-17)13-18-9-7-15(8-10-18)11-14-5-3-2-4-6-14/h2-6,15,19H,7-13,17H2,1H3. The second-order valence-corrected chi connectivity index (χ2v) is 6.11. The van der Waals surface area contributed by atoms with E-state index in [1.165, 1.54) is 24.8 Å². The molecule has 1 aromatic rings. The maximum absolute atomic E-state index is 10.0. The molecule has 1 heterocycles. The van der Waals surface area contributed by atoms with Gasteiger partial charge in [0.05, 0.1) is 5.60 Å². The van der Waals surface area contributed by atoms with Crippen molar-refractivity contribution >= 4 is 0 Å². The number of nitrogens with two attached hydrogens (primary N) is 1. The van der Waals surface area contributed by atoms with Gasteiger partial charge in [-0.3, -0.25) is 0 Å². The van der Waals surface area contributed by atoms with Crippen LogP contribution in [0.5, 0.6) is 0 Å². The van der Waals surface area contributed by atoms with Crippen molar-refractivity contribution in [3.63, 3.8) is 0 Å². The van der Waals surface area contributed by atoms with Gasteiger partial charge in [-0.1, -0.05) is 30.3 Å². The molecule has 1 aliphatic rings. The molecule has 1 atom stereocenters. The normalized spacial score (nSPS) is 21.2. The lowest BCUT2D eigenvalue weighted by atomic mass is 9.89. The summed E-state index contributed by atoms with van der Waals surface area (Å²) in [6, 6.07) is 10.7. The molecule has 3 heteroatoms. The summed E-state index contributed by atoms with van der Waals surface area (Å²) in [6.07, 6.45) is 3.62. The van der Waals surface area contributed by atoms with Gasteiger partial charge in [-0.2, -0.15) is 0 Å². The molecule has 1 unspecified atom stereocenters. The number of nitrogens with zero attached hydrogens (tertiary/aromatic N) is 1. The molecule has 0 amide bonds. The average Bonchev–Trinajstić information content (AvgIpc) is 2.42. The second kappa shape index (κ2) is 6.51. The number of benzene rings is 1. The van der Waals surface area contributed by atoms with Gasteiger partial charge in [0.25, 0.3) is 0 Å². The molecule has 1 aromatic carbocycles. The maximum atomic E-state index is 10.0. The Hall–Kier alpha value is -0.900. The molecule has 0 bridgehead atoms. The van der Waals surface area contributed by atoms with Crippen LogP contribution >= 0.6 is 0 Å². The highest BCUT2D eigenvalue weighted by atomic mass is 16.3. The van der Waals surface area contributed by atoms with E-state index in [2.05, 4.69) is 35.2 Å². The Kier molecular flexibility index (Phi) is 4.97. The van der Waals surface area contributed by atoms with Crippen LogP contribution < -0.4 is 5.73 Å². The lowest BCUT2D eigenvalue weighted by Gasteiger charge is -2.36. The third kappa shape index (κ3) is 4.60. The Morgan fingerprint density at radius 2 is 1.89 bits per heavy atom. The van der Waals surface area contributed by atoms with E-state index in [1.807, 2.05) is 6.92 Å². The molecule has 0 radical (unpaired) electrons. The summed E-state index contributed by atoms with van der Waals surface area (Å²) < 4.78 is 0. The number of β-amino-alcohol motifs (C(OH)–C–C–N with tert-alkyl or cyclic N) is 1. The lowest BCUT2D eigenvalue weighted by molar-refractivity contribution is 0.0166. The van der Waals surface area contributed by atoms with Gasteiger partial charge in [-0.15, -0.1) is 0 Å². The summed E-state index contributed by atoms with van der Waals surface area (Å²) in [7, 11) is 0. The molecule has 3 nitrogen and oxygen atoms in total. The molecule has 19 heavy (non-hydrogen) atoms. The van der Waals surface area contributed by atoms with Gasteiger partial charge in [-0.25, -0.2) is 0 Å². The van der Waals surface area contributed by atoms with Crippen molar-refractivity contribution in [3.05, 3.63) is 35.9 Å². The molecule has 0 saturated carbocycles. The van der Waals surface area contributed by atoms with Crippen molar-refractivity contribution in [2.24, 2.45) is 11.7 Å². The van der Waals surface area contributed by atoms with Crippen LogP contribution in [0.2, 0.25) is 0 Å². The highest BCUT2D eigenvalue weighted by molar-refractivity contribution is 5.15. The number of likely N-dealkylation sites (tertiary alicyclic amines) is 1. The Labute approximate surface area is 116 Å². The first kappa shape index (κ1) is 14.5. The average molecular weight is 262 g/mol. The van der Waals surface area contributed by atoms with Gasteiger partial charge in [0.15, 0.2) is 0 Å². The number of piperidine rings is 1. The zero-order valence-corrected chi connectivity index (χ0v) is 11.9. The summed E-state index contributed by atoms with van der Waals surface area (Å²) in [6.45, 7) is 5.00. The van der Waals surface area contributed by atoms with Crippen LogP contribution in [-0.2, 0) is 6.42 Å². The molecular formula is C16H26N2O. The van der Waals surface area contributed by atoms with Crippen molar-refractivity contribution in [3.8, 4) is 0 Å². The highest BCUT2D eigenvalue weighted by Crippen LogP contribution is 2.22. The first-order valence-corrected chi connectivity index (χ1v) is 7.28. The third-order valence-corrected chi connectivity index (χ3v) is 4.08. The molecule has 0 aliphatic carbocycles. The number of rotatable bonds is 5. The molecular weight excluding hydrogens is 236 g/mol. The van der Waals surface area contributed by atoms with E-state index in [0.717, 1.165) is 19.0 Å². The molecule has 0 aromatic heterocycles. The van der Waals surface area contributed by atoms with E-state index in [-0.39, 0.29) is 0 Å². The van der Waals surface area contributed by atoms with E-state index < -0.39 is 5.60 Å². The van der Waals surface area contributed by atoms with Crippen molar-refractivity contribution in [2.75, 3.05) is 26.2 Å². The van der Waals surface area contributed by atoms with Crippen LogP contribution in [0, 0.1) is 5.92 Å². The maximum Gasteiger partial charge on any atom is 0.0867 e. The summed E-state index contributed by atoms with van der Waals surface area (Å²) in [5.74, 6) is 0.779. The first-order valence-electron chi connectivity index (χ1n) is 7.28. The Bertz CT molecular complexity index is 370. The third-order valence-electron chi connectivity index (χ3n) is 4.08. The fourth-order valence-corrected chi connectivity index (χ4v) is 2.84. The molecule has 3 N–H and O–H groups in total. The van der Waals surface area contributed by atoms with Crippen molar-refractivity contribution in [2.45, 2.75) is 31.8 Å². The van der Waals surface area contributed by atoms with Crippen LogP contribution in [0.1, 0.15) is 25.3 Å². The Balaban J connectivity index is 1.77. The monoisotopic (exact) mass is 262 g/mol. The van der Waals surface area contributed by atoms with Crippen LogP contribution in [0.3, 0.4) is 0 Å². The van der Waals surface area contributed by atoms with Crippen molar-refractivity contribution in [1.82, 2.24) is 4.90 Å². The first-order chi connectivity index (χ1) is 9.09. The van der Waals surface area contributed by atoms with Gasteiger partial charge in [-0.05, 0) is 50.8 Å². The van der Waals surface area contributed by atoms with Gasteiger partial charge in [0, 0.05) is 13.1 Å². The van der Waals surface area contributed by atoms with Gasteiger partial charge >= 0.3 is 0 Å². The SMILES string of the molecule is CC(O)(CN)CN1CCC(Cc2ccccc2)CC1. The molecule has 0 spiro atoms. The lowest BCUT2D eigenvalue weighted by Crippen LogP contribution is -2.48. The van der Waals surface area contributed by atoms with Crippen LogP contribution in [0.25, 0.3) is 0 Å². The van der Waals surface area contributed by atoms with Crippen LogP contribution in [-0.4, -0.2) is 41.8 Å². The summed E-state index contributed by atoms with van der Waals surface area (Å²) in [5, 5.41) is 10.0. The Morgan fingerprint density at radius 3 is 2.47 bits per heavy atom. The Morgan fingerprint density at radius 1 is 1.26 bits per heavy atom. The minimum Gasteiger partial charge on any atom is -0.388 e. The fraction of sp³-hybridized carbons (Fsp3) is 0.625. The quantitative estimate of drug-likeness (QED) is 0.848. The van der Waals surface area contributed by atoms with Gasteiger partial charge < -0.3 is 15.7 Å². The number of hydrogen-bond donors (Lipinski definition) is 2. The number of hydrogen-bond acceptors (Lipinski definition) is 3. The zero-order chi connectivity index (χ0) is 13.7. The summed E-state index contributed by atoms with van der Waals surface area (Å²) in [4.78, 5) is 2.34. The minimum atomic E-state index is -0.744. The molecule has 106 valence electrons. The molecule has 2 rings (SSSR count). The van der Waals surface area contributed by atoms with Gasteiger partial charge in [0.1, 0.15) is 0 Å². The summed E-state index contributed by atoms with van der Waals surface area (Å²) in [5.41, 5.74) is 6.27. The smallest absolute Gasteiger partial charge is 0.0867 e. The second-order valence-electron chi connectivity index (χ2n) is 6.11. The van der Waals surface area contributed by atoms with E-state index in [1.54, 1.807) is 0 Å². The fourth-order valence-electron chi connectivity index (χ4n) is 2.84. The van der Waals surface area contributed by atoms with E-state index in [0.29, 0.717) is 13.1 Å². The molecule has 1 fully saturated rings. The molecule has 1 aliphatic heterocycles. The van der Waals surface area contributed by atoms with Crippen molar-refractivity contribution in [1.29, 1.82) is 0 Å². The number of aliphatic hydroxyl groups is 1. The van der Waals surface area contributed by atoms with Crippen molar-refractivity contribution < 1.29 is 5.11 Å². The predicted molar refractivity (Wildman–Crippen MR) is 79.0 cm³/mol. The van der Waals surface area contributed by atoms with Crippen LogP contribution in [0.15, 0.2) is 30.3 Å². The minimum absolute atomic E-state index is 0.330. The topological polar surface area (TPSA) is 49.5 Å². The zero-order valence-electron chi connectivity index (χ0n) is 11.9. The van der Waals surface area contributed by atoms with E-state index >= 15 is 0 Å². The van der Waals surface area contributed by atoms with Crippen LogP contribution in [0.4, 0.5) is 0 Å². The van der Waals surface area contributed by atoms with Gasteiger partial charge in [0.2, 0.25) is 0 Å². The van der Waals surface area contributed by atoms with E-state index in [4.69, 9.17) is 5.73 Å². The highest BCUT2D eigenvalue weighted by Gasteiger charge is 2.26. The summed E-state index contributed by atoms with van der Waals surface area (Å²) >= 11 is 0. The van der Waals surface area contributed by atoms with E-state index in [9.17, 15) is 5.11 Å².